The summed E-state index contributed by atoms with van der Waals surface area (Å²) in [5, 5.41) is 1.02. The zero-order valence-corrected chi connectivity index (χ0v) is 12.1. The van der Waals surface area contributed by atoms with Crippen LogP contribution in [0.15, 0.2) is 41.3 Å². The Hall–Kier alpha value is -1.88. The van der Waals surface area contributed by atoms with E-state index in [1.54, 1.807) is 12.4 Å². The molecular formula is C14H13BrN4. The summed E-state index contributed by atoms with van der Waals surface area (Å²) < 4.78 is 3.04. The molecule has 0 saturated heterocycles. The Balaban J connectivity index is 2.39. The van der Waals surface area contributed by atoms with Crippen molar-refractivity contribution in [1.82, 2.24) is 14.5 Å². The number of fused-ring (bicyclic) bond motifs is 1. The van der Waals surface area contributed by atoms with Crippen molar-refractivity contribution in [2.45, 2.75) is 13.3 Å². The molecule has 1 aromatic carbocycles. The Labute approximate surface area is 119 Å². The zero-order valence-electron chi connectivity index (χ0n) is 10.5. The summed E-state index contributed by atoms with van der Waals surface area (Å²) in [6, 6.07) is 5.99. The number of pyridine rings is 1. The maximum atomic E-state index is 6.13. The lowest BCUT2D eigenvalue weighted by Gasteiger charge is -2.13. The molecule has 0 radical (unpaired) electrons. The van der Waals surface area contributed by atoms with Gasteiger partial charge in [-0.1, -0.05) is 22.9 Å². The van der Waals surface area contributed by atoms with E-state index in [4.69, 9.17) is 5.73 Å². The maximum Gasteiger partial charge on any atom is 0.112 e. The Morgan fingerprint density at radius 3 is 2.95 bits per heavy atom. The van der Waals surface area contributed by atoms with Crippen molar-refractivity contribution in [1.29, 1.82) is 0 Å². The number of nitrogen functional groups attached to an aromatic ring is 1. The van der Waals surface area contributed by atoms with Crippen molar-refractivity contribution in [3.05, 3.63) is 47.1 Å². The van der Waals surface area contributed by atoms with E-state index < -0.39 is 0 Å². The van der Waals surface area contributed by atoms with Gasteiger partial charge in [-0.2, -0.15) is 0 Å². The summed E-state index contributed by atoms with van der Waals surface area (Å²) in [6.45, 7) is 2.08. The van der Waals surface area contributed by atoms with Crippen LogP contribution in [0.5, 0.6) is 0 Å². The van der Waals surface area contributed by atoms with Gasteiger partial charge in [0, 0.05) is 28.7 Å². The van der Waals surface area contributed by atoms with E-state index in [2.05, 4.69) is 32.8 Å². The van der Waals surface area contributed by atoms with Crippen LogP contribution in [0, 0.1) is 0 Å². The van der Waals surface area contributed by atoms with Gasteiger partial charge >= 0.3 is 0 Å². The number of nitrogens with zero attached hydrogens (tertiary/aromatic N) is 3. The molecular weight excluding hydrogens is 304 g/mol. The Kier molecular flexibility index (Phi) is 2.98. The van der Waals surface area contributed by atoms with Crippen molar-refractivity contribution in [3.63, 3.8) is 0 Å². The zero-order chi connectivity index (χ0) is 13.4. The molecule has 0 fully saturated rings. The number of hydrogen-bond acceptors (Lipinski definition) is 3. The number of halogens is 1. The van der Waals surface area contributed by atoms with Gasteiger partial charge in [0.2, 0.25) is 0 Å². The number of aromatic nitrogens is 3. The Bertz CT molecular complexity index is 743. The highest BCUT2D eigenvalue weighted by Crippen LogP contribution is 2.29. The van der Waals surface area contributed by atoms with Crippen LogP contribution in [0.3, 0.4) is 0 Å². The van der Waals surface area contributed by atoms with E-state index in [0.29, 0.717) is 5.69 Å². The van der Waals surface area contributed by atoms with Crippen molar-refractivity contribution >= 4 is 32.5 Å². The van der Waals surface area contributed by atoms with Crippen LogP contribution < -0.4 is 5.73 Å². The molecule has 0 atom stereocenters. The molecule has 0 aliphatic rings. The summed E-state index contributed by atoms with van der Waals surface area (Å²) in [5.41, 5.74) is 8.64. The average molecular weight is 317 g/mol. The van der Waals surface area contributed by atoms with E-state index >= 15 is 0 Å². The SMILES string of the molecule is CCc1nccn1-c1c(N)cnc2ccc(Br)cc12. The number of anilines is 1. The topological polar surface area (TPSA) is 56.7 Å². The third kappa shape index (κ3) is 2.00. The molecule has 0 spiro atoms. The van der Waals surface area contributed by atoms with Crippen molar-refractivity contribution < 1.29 is 0 Å². The molecule has 0 aliphatic heterocycles. The van der Waals surface area contributed by atoms with Crippen LogP contribution in [-0.2, 0) is 6.42 Å². The molecule has 2 heterocycles. The van der Waals surface area contributed by atoms with Gasteiger partial charge in [-0.05, 0) is 18.2 Å². The molecule has 0 unspecified atom stereocenters. The largest absolute Gasteiger partial charge is 0.396 e. The van der Waals surface area contributed by atoms with Gasteiger partial charge in [-0.3, -0.25) is 4.98 Å². The molecule has 19 heavy (non-hydrogen) atoms. The smallest absolute Gasteiger partial charge is 0.112 e. The van der Waals surface area contributed by atoms with E-state index in [0.717, 1.165) is 33.3 Å². The summed E-state index contributed by atoms with van der Waals surface area (Å²) in [4.78, 5) is 8.72. The quantitative estimate of drug-likeness (QED) is 0.789. The first-order chi connectivity index (χ1) is 9.20. The molecule has 0 amide bonds. The lowest BCUT2D eigenvalue weighted by molar-refractivity contribution is 0.896. The molecule has 3 rings (SSSR count). The summed E-state index contributed by atoms with van der Waals surface area (Å²) in [7, 11) is 0. The van der Waals surface area contributed by atoms with Gasteiger partial charge in [0.25, 0.3) is 0 Å². The number of aryl methyl sites for hydroxylation is 1. The molecule has 96 valence electrons. The fourth-order valence-electron chi connectivity index (χ4n) is 2.23. The molecule has 3 aromatic rings. The van der Waals surface area contributed by atoms with Crippen LogP contribution in [0.25, 0.3) is 16.6 Å². The van der Waals surface area contributed by atoms with Crippen LogP contribution >= 0.6 is 15.9 Å². The minimum absolute atomic E-state index is 0.651. The van der Waals surface area contributed by atoms with E-state index in [1.165, 1.54) is 0 Å². The number of rotatable bonds is 2. The molecule has 5 heteroatoms. The Morgan fingerprint density at radius 1 is 1.32 bits per heavy atom. The van der Waals surface area contributed by atoms with Crippen molar-refractivity contribution in [3.8, 4) is 5.69 Å². The summed E-state index contributed by atoms with van der Waals surface area (Å²) in [5.74, 6) is 0.985. The van der Waals surface area contributed by atoms with Gasteiger partial charge in [0.1, 0.15) is 5.82 Å². The molecule has 2 aromatic heterocycles. The minimum atomic E-state index is 0.651. The minimum Gasteiger partial charge on any atom is -0.396 e. The number of hydrogen-bond donors (Lipinski definition) is 1. The predicted octanol–water partition coefficient (Wildman–Crippen LogP) is 3.33. The maximum absolute atomic E-state index is 6.13. The third-order valence-electron chi connectivity index (χ3n) is 3.10. The second kappa shape index (κ2) is 4.66. The first-order valence-electron chi connectivity index (χ1n) is 6.07. The number of benzene rings is 1. The summed E-state index contributed by atoms with van der Waals surface area (Å²) in [6.07, 6.45) is 6.28. The highest BCUT2D eigenvalue weighted by Gasteiger charge is 2.12. The molecule has 0 aliphatic carbocycles. The molecule has 2 N–H and O–H groups in total. The normalized spacial score (nSPS) is 11.1. The van der Waals surface area contributed by atoms with Crippen LogP contribution in [-0.4, -0.2) is 14.5 Å². The molecule has 4 nitrogen and oxygen atoms in total. The van der Waals surface area contributed by atoms with Crippen LogP contribution in [0.4, 0.5) is 5.69 Å². The number of imidazole rings is 1. The first-order valence-corrected chi connectivity index (χ1v) is 6.86. The lowest BCUT2D eigenvalue weighted by Crippen LogP contribution is -2.04. The molecule has 0 bridgehead atoms. The van der Waals surface area contributed by atoms with E-state index in [-0.39, 0.29) is 0 Å². The predicted molar refractivity (Wildman–Crippen MR) is 80.4 cm³/mol. The lowest BCUT2D eigenvalue weighted by atomic mass is 10.1. The fraction of sp³-hybridized carbons (Fsp3) is 0.143. The van der Waals surface area contributed by atoms with Crippen LogP contribution in [0.2, 0.25) is 0 Å². The van der Waals surface area contributed by atoms with E-state index in [1.807, 2.05) is 29.0 Å². The van der Waals surface area contributed by atoms with E-state index in [9.17, 15) is 0 Å². The highest BCUT2D eigenvalue weighted by molar-refractivity contribution is 9.10. The fourth-order valence-corrected chi connectivity index (χ4v) is 2.60. The monoisotopic (exact) mass is 316 g/mol. The van der Waals surface area contributed by atoms with Gasteiger partial charge in [-0.15, -0.1) is 0 Å². The molecule has 0 saturated carbocycles. The second-order valence-electron chi connectivity index (χ2n) is 4.29. The third-order valence-corrected chi connectivity index (χ3v) is 3.60. The van der Waals surface area contributed by atoms with Gasteiger partial charge in [-0.25, -0.2) is 4.98 Å². The first kappa shape index (κ1) is 12.2. The Morgan fingerprint density at radius 2 is 2.16 bits per heavy atom. The summed E-state index contributed by atoms with van der Waals surface area (Å²) >= 11 is 3.50. The van der Waals surface area contributed by atoms with Gasteiger partial charge < -0.3 is 10.3 Å². The second-order valence-corrected chi connectivity index (χ2v) is 5.21. The highest BCUT2D eigenvalue weighted by atomic mass is 79.9. The van der Waals surface area contributed by atoms with Crippen LogP contribution in [0.1, 0.15) is 12.7 Å². The van der Waals surface area contributed by atoms with Crippen molar-refractivity contribution in [2.75, 3.05) is 5.73 Å². The standard InChI is InChI=1S/C14H13BrN4/c1-2-13-17-5-6-19(13)14-10-7-9(15)3-4-12(10)18-8-11(14)16/h3-8H,2,16H2,1H3. The number of nitrogens with two attached hydrogens (primary N) is 1. The van der Waals surface area contributed by atoms with Crippen molar-refractivity contribution in [2.24, 2.45) is 0 Å². The average Bonchev–Trinajstić information content (AvgIpc) is 2.86. The van der Waals surface area contributed by atoms with Gasteiger partial charge in [0.05, 0.1) is 23.1 Å². The van der Waals surface area contributed by atoms with Gasteiger partial charge in [0.15, 0.2) is 0 Å².